The maximum absolute atomic E-state index is 4.13. The molecule has 1 aliphatic heterocycles. The third-order valence-corrected chi connectivity index (χ3v) is 2.57. The van der Waals surface area contributed by atoms with Crippen molar-refractivity contribution in [3.8, 4) is 0 Å². The quantitative estimate of drug-likeness (QED) is 0.669. The Morgan fingerprint density at radius 2 is 2.58 bits per heavy atom. The number of aromatic nitrogens is 2. The van der Waals surface area contributed by atoms with Crippen molar-refractivity contribution < 1.29 is 0 Å². The van der Waals surface area contributed by atoms with Crippen LogP contribution in [0.4, 0.5) is 0 Å². The van der Waals surface area contributed by atoms with Crippen molar-refractivity contribution in [3.05, 3.63) is 18.2 Å². The molecule has 0 saturated carbocycles. The maximum Gasteiger partial charge on any atom is 0.0945 e. The molecule has 12 heavy (non-hydrogen) atoms. The molecule has 1 saturated heterocycles. The number of hydrogen-bond acceptors (Lipinski definition) is 2. The van der Waals surface area contributed by atoms with Gasteiger partial charge in [0.05, 0.1) is 6.33 Å². The monoisotopic (exact) mass is 165 g/mol. The summed E-state index contributed by atoms with van der Waals surface area (Å²) in [7, 11) is 2.07. The van der Waals surface area contributed by atoms with E-state index in [1.54, 1.807) is 0 Å². The lowest BCUT2D eigenvalue weighted by atomic mass is 9.97. The van der Waals surface area contributed by atoms with E-state index in [4.69, 9.17) is 0 Å². The fourth-order valence-electron chi connectivity index (χ4n) is 1.87. The molecule has 3 nitrogen and oxygen atoms in total. The van der Waals surface area contributed by atoms with E-state index in [1.165, 1.54) is 25.1 Å². The summed E-state index contributed by atoms with van der Waals surface area (Å²) < 4.78 is 2.12. The van der Waals surface area contributed by atoms with E-state index in [-0.39, 0.29) is 0 Å². The molecule has 2 rings (SSSR count). The summed E-state index contributed by atoms with van der Waals surface area (Å²) in [6, 6.07) is 0. The number of piperidine rings is 1. The average molecular weight is 165 g/mol. The van der Waals surface area contributed by atoms with Crippen molar-refractivity contribution in [2.45, 2.75) is 18.8 Å². The van der Waals surface area contributed by atoms with Crippen molar-refractivity contribution in [1.29, 1.82) is 0 Å². The van der Waals surface area contributed by atoms with Crippen LogP contribution in [0.25, 0.3) is 0 Å². The van der Waals surface area contributed by atoms with Gasteiger partial charge in [0.1, 0.15) is 0 Å². The highest BCUT2D eigenvalue weighted by Crippen LogP contribution is 2.21. The molecule has 1 aromatic rings. The lowest BCUT2D eigenvalue weighted by molar-refractivity contribution is 0.447. The van der Waals surface area contributed by atoms with Gasteiger partial charge in [-0.1, -0.05) is 0 Å². The molecule has 0 bridgehead atoms. The van der Waals surface area contributed by atoms with E-state index in [0.717, 1.165) is 6.54 Å². The summed E-state index contributed by atoms with van der Waals surface area (Å²) in [5.41, 5.74) is 1.36. The summed E-state index contributed by atoms with van der Waals surface area (Å²) in [5.74, 6) is 0.672. The largest absolute Gasteiger partial charge is 0.337 e. The molecule has 1 aromatic heterocycles. The first-order valence-corrected chi connectivity index (χ1v) is 4.55. The zero-order chi connectivity index (χ0) is 8.39. The number of rotatable bonds is 1. The van der Waals surface area contributed by atoms with Crippen LogP contribution in [0.1, 0.15) is 24.5 Å². The van der Waals surface area contributed by atoms with Crippen LogP contribution >= 0.6 is 0 Å². The standard InChI is InChI=1S/C9H15N3/c1-12-7-11-6-9(12)8-3-2-4-10-5-8/h6-8,10H,2-5H2,1H3/t8-/m0/s1. The Balaban J connectivity index is 2.13. The second kappa shape index (κ2) is 3.27. The predicted octanol–water partition coefficient (Wildman–Crippen LogP) is 0.887. The number of aryl methyl sites for hydroxylation is 1. The van der Waals surface area contributed by atoms with Gasteiger partial charge in [0.15, 0.2) is 0 Å². The highest BCUT2D eigenvalue weighted by atomic mass is 15.0. The normalized spacial score (nSPS) is 24.2. The fraction of sp³-hybridized carbons (Fsp3) is 0.667. The molecule has 0 spiro atoms. The van der Waals surface area contributed by atoms with E-state index >= 15 is 0 Å². The molecule has 1 N–H and O–H groups in total. The van der Waals surface area contributed by atoms with Crippen molar-refractivity contribution >= 4 is 0 Å². The number of nitrogens with one attached hydrogen (secondary N) is 1. The summed E-state index contributed by atoms with van der Waals surface area (Å²) in [6.07, 6.45) is 6.45. The lowest BCUT2D eigenvalue weighted by Crippen LogP contribution is -2.29. The van der Waals surface area contributed by atoms with Gasteiger partial charge in [0.25, 0.3) is 0 Å². The van der Waals surface area contributed by atoms with E-state index < -0.39 is 0 Å². The zero-order valence-electron chi connectivity index (χ0n) is 7.45. The Hall–Kier alpha value is -0.830. The molecule has 2 heterocycles. The molecule has 1 fully saturated rings. The van der Waals surface area contributed by atoms with Gasteiger partial charge < -0.3 is 9.88 Å². The van der Waals surface area contributed by atoms with Crippen LogP contribution in [0.15, 0.2) is 12.5 Å². The van der Waals surface area contributed by atoms with Crippen molar-refractivity contribution in [2.24, 2.45) is 7.05 Å². The van der Waals surface area contributed by atoms with Gasteiger partial charge in [-0.15, -0.1) is 0 Å². The van der Waals surface area contributed by atoms with E-state index in [1.807, 2.05) is 12.5 Å². The van der Waals surface area contributed by atoms with Gasteiger partial charge in [-0.05, 0) is 19.4 Å². The molecule has 0 unspecified atom stereocenters. The van der Waals surface area contributed by atoms with Crippen LogP contribution in [-0.2, 0) is 7.05 Å². The SMILES string of the molecule is Cn1cncc1[C@H]1CCCNC1. The van der Waals surface area contributed by atoms with Crippen molar-refractivity contribution in [1.82, 2.24) is 14.9 Å². The highest BCUT2D eigenvalue weighted by molar-refractivity contribution is 5.07. The van der Waals surface area contributed by atoms with Gasteiger partial charge in [0, 0.05) is 31.4 Å². The van der Waals surface area contributed by atoms with Crippen molar-refractivity contribution in [2.75, 3.05) is 13.1 Å². The molecular formula is C9H15N3. The summed E-state index contributed by atoms with van der Waals surface area (Å²) in [6.45, 7) is 2.29. The van der Waals surface area contributed by atoms with Crippen LogP contribution in [0.5, 0.6) is 0 Å². The summed E-state index contributed by atoms with van der Waals surface area (Å²) >= 11 is 0. The molecular weight excluding hydrogens is 150 g/mol. The van der Waals surface area contributed by atoms with Crippen LogP contribution in [-0.4, -0.2) is 22.6 Å². The summed E-state index contributed by atoms with van der Waals surface area (Å²) in [4.78, 5) is 4.13. The van der Waals surface area contributed by atoms with Gasteiger partial charge in [-0.3, -0.25) is 0 Å². The minimum absolute atomic E-state index is 0.672. The number of imidazole rings is 1. The molecule has 0 amide bonds. The molecule has 1 atom stereocenters. The Labute approximate surface area is 72.8 Å². The van der Waals surface area contributed by atoms with E-state index in [2.05, 4.69) is 21.9 Å². The molecule has 66 valence electrons. The first-order valence-electron chi connectivity index (χ1n) is 4.55. The maximum atomic E-state index is 4.13. The fourth-order valence-corrected chi connectivity index (χ4v) is 1.87. The molecule has 0 aliphatic carbocycles. The first-order chi connectivity index (χ1) is 5.88. The molecule has 1 aliphatic rings. The van der Waals surface area contributed by atoms with Crippen LogP contribution in [0.2, 0.25) is 0 Å². The van der Waals surface area contributed by atoms with Gasteiger partial charge >= 0.3 is 0 Å². The predicted molar refractivity (Wildman–Crippen MR) is 48.1 cm³/mol. The van der Waals surface area contributed by atoms with Crippen molar-refractivity contribution in [3.63, 3.8) is 0 Å². The van der Waals surface area contributed by atoms with Crippen LogP contribution in [0, 0.1) is 0 Å². The number of nitrogens with zero attached hydrogens (tertiary/aromatic N) is 2. The second-order valence-corrected chi connectivity index (χ2v) is 3.47. The van der Waals surface area contributed by atoms with E-state index in [0.29, 0.717) is 5.92 Å². The zero-order valence-corrected chi connectivity index (χ0v) is 7.45. The smallest absolute Gasteiger partial charge is 0.0945 e. The number of hydrogen-bond donors (Lipinski definition) is 1. The third kappa shape index (κ3) is 1.37. The Kier molecular flexibility index (Phi) is 2.13. The van der Waals surface area contributed by atoms with E-state index in [9.17, 15) is 0 Å². The Morgan fingerprint density at radius 3 is 3.17 bits per heavy atom. The summed E-state index contributed by atoms with van der Waals surface area (Å²) in [5, 5.41) is 3.41. The van der Waals surface area contributed by atoms with Crippen LogP contribution in [0.3, 0.4) is 0 Å². The van der Waals surface area contributed by atoms with Gasteiger partial charge in [-0.2, -0.15) is 0 Å². The Bertz CT molecular complexity index is 248. The minimum Gasteiger partial charge on any atom is -0.337 e. The lowest BCUT2D eigenvalue weighted by Gasteiger charge is -2.22. The average Bonchev–Trinajstić information content (AvgIpc) is 2.53. The topological polar surface area (TPSA) is 29.9 Å². The van der Waals surface area contributed by atoms with Crippen LogP contribution < -0.4 is 5.32 Å². The molecule has 3 heteroatoms. The molecule has 0 aromatic carbocycles. The first kappa shape index (κ1) is 7.80. The molecule has 0 radical (unpaired) electrons. The minimum atomic E-state index is 0.672. The second-order valence-electron chi connectivity index (χ2n) is 3.47. The van der Waals surface area contributed by atoms with Gasteiger partial charge in [-0.25, -0.2) is 4.98 Å². The third-order valence-electron chi connectivity index (χ3n) is 2.57. The van der Waals surface area contributed by atoms with Gasteiger partial charge in [0.2, 0.25) is 0 Å². The Morgan fingerprint density at radius 1 is 1.67 bits per heavy atom. The highest BCUT2D eigenvalue weighted by Gasteiger charge is 2.17.